The summed E-state index contributed by atoms with van der Waals surface area (Å²) in [5.41, 5.74) is 1.93. The Morgan fingerprint density at radius 1 is 1.35 bits per heavy atom. The zero-order valence-corrected chi connectivity index (χ0v) is 10.4. The molecule has 1 aromatic carbocycles. The summed E-state index contributed by atoms with van der Waals surface area (Å²) in [6, 6.07) is 8.29. The van der Waals surface area contributed by atoms with Crippen molar-refractivity contribution in [1.82, 2.24) is 0 Å². The molecule has 0 saturated carbocycles. The molecule has 3 heteroatoms. The number of carbonyl (C=O) groups excluding carboxylic acids is 1. The first-order valence-corrected chi connectivity index (χ1v) is 5.77. The summed E-state index contributed by atoms with van der Waals surface area (Å²) in [7, 11) is 0. The second-order valence-electron chi connectivity index (χ2n) is 4.82. The molecule has 2 unspecified atom stereocenters. The van der Waals surface area contributed by atoms with Gasteiger partial charge in [-0.15, -0.1) is 0 Å². The van der Waals surface area contributed by atoms with Crippen molar-refractivity contribution in [2.24, 2.45) is 4.99 Å². The van der Waals surface area contributed by atoms with Gasteiger partial charge in [-0.3, -0.25) is 4.79 Å². The molecule has 1 aliphatic rings. The summed E-state index contributed by atoms with van der Waals surface area (Å²) >= 11 is 0. The number of hydrogen-bond donors (Lipinski definition) is 0. The molecule has 0 aliphatic carbocycles. The molecule has 0 spiro atoms. The molecule has 3 nitrogen and oxygen atoms in total. The minimum absolute atomic E-state index is 0.469. The van der Waals surface area contributed by atoms with Crippen LogP contribution in [-0.4, -0.2) is 23.8 Å². The van der Waals surface area contributed by atoms with Gasteiger partial charge < -0.3 is 4.74 Å². The zero-order valence-electron chi connectivity index (χ0n) is 10.4. The molecule has 2 rings (SSSR count). The predicted molar refractivity (Wildman–Crippen MR) is 67.3 cm³/mol. The van der Waals surface area contributed by atoms with Crippen molar-refractivity contribution in [3.8, 4) is 0 Å². The van der Waals surface area contributed by atoms with E-state index in [9.17, 15) is 4.79 Å². The van der Waals surface area contributed by atoms with Gasteiger partial charge in [0.1, 0.15) is 5.54 Å². The Labute approximate surface area is 102 Å². The highest BCUT2D eigenvalue weighted by Gasteiger charge is 2.40. The Morgan fingerprint density at radius 3 is 2.59 bits per heavy atom. The number of rotatable bonds is 3. The third-order valence-electron chi connectivity index (χ3n) is 3.13. The molecule has 17 heavy (non-hydrogen) atoms. The van der Waals surface area contributed by atoms with Gasteiger partial charge in [-0.05, 0) is 19.4 Å². The van der Waals surface area contributed by atoms with Crippen LogP contribution in [0.1, 0.15) is 25.0 Å². The Bertz CT molecular complexity index is 450. The van der Waals surface area contributed by atoms with Crippen molar-refractivity contribution in [3.05, 3.63) is 35.4 Å². The van der Waals surface area contributed by atoms with E-state index in [0.717, 1.165) is 6.29 Å². The number of carbonyl (C=O) groups is 1. The van der Waals surface area contributed by atoms with Crippen molar-refractivity contribution in [2.75, 3.05) is 0 Å². The van der Waals surface area contributed by atoms with Crippen LogP contribution in [0.4, 0.5) is 0 Å². The van der Waals surface area contributed by atoms with Crippen LogP contribution in [0.3, 0.4) is 0 Å². The van der Waals surface area contributed by atoms with E-state index in [1.54, 1.807) is 6.92 Å². The topological polar surface area (TPSA) is 38.7 Å². The highest BCUT2D eigenvalue weighted by Crippen LogP contribution is 2.28. The van der Waals surface area contributed by atoms with Crippen LogP contribution in [0.25, 0.3) is 0 Å². The molecule has 0 amide bonds. The molecule has 90 valence electrons. The van der Waals surface area contributed by atoms with Crippen LogP contribution in [0, 0.1) is 6.92 Å². The lowest BCUT2D eigenvalue weighted by atomic mass is 9.88. The van der Waals surface area contributed by atoms with Gasteiger partial charge in [-0.1, -0.05) is 29.8 Å². The van der Waals surface area contributed by atoms with E-state index in [1.165, 1.54) is 11.1 Å². The highest BCUT2D eigenvalue weighted by atomic mass is 16.5. The Kier molecular flexibility index (Phi) is 3.01. The summed E-state index contributed by atoms with van der Waals surface area (Å²) < 4.78 is 5.40. The first kappa shape index (κ1) is 11.8. The van der Waals surface area contributed by atoms with Gasteiger partial charge in [0, 0.05) is 13.3 Å². The molecule has 0 bridgehead atoms. The van der Waals surface area contributed by atoms with E-state index in [2.05, 4.69) is 36.2 Å². The van der Waals surface area contributed by atoms with Crippen LogP contribution >= 0.6 is 0 Å². The average molecular weight is 231 g/mol. The second kappa shape index (κ2) is 4.32. The minimum atomic E-state index is -0.471. The Hall–Kier alpha value is -1.64. The number of nitrogens with zero attached hydrogens (tertiary/aromatic N) is 1. The quantitative estimate of drug-likeness (QED) is 0.749. The molecule has 0 aromatic heterocycles. The highest BCUT2D eigenvalue weighted by molar-refractivity contribution is 5.80. The summed E-state index contributed by atoms with van der Waals surface area (Å²) in [5, 5.41) is 0. The van der Waals surface area contributed by atoms with Crippen molar-refractivity contribution < 1.29 is 9.53 Å². The average Bonchev–Trinajstić information content (AvgIpc) is 2.56. The zero-order chi connectivity index (χ0) is 12.5. The third-order valence-corrected chi connectivity index (χ3v) is 3.13. The van der Waals surface area contributed by atoms with Crippen LogP contribution in [0.15, 0.2) is 29.3 Å². The molecule has 0 radical (unpaired) electrons. The maximum absolute atomic E-state index is 11.0. The maximum Gasteiger partial charge on any atom is 0.181 e. The van der Waals surface area contributed by atoms with Gasteiger partial charge in [-0.2, -0.15) is 0 Å². The van der Waals surface area contributed by atoms with Crippen LogP contribution in [-0.2, 0) is 16.0 Å². The monoisotopic (exact) mass is 231 g/mol. The summed E-state index contributed by atoms with van der Waals surface area (Å²) in [5.74, 6) is 0.594. The summed E-state index contributed by atoms with van der Waals surface area (Å²) in [6.07, 6.45) is 1.09. The standard InChI is InChI=1S/C14H17NO2/c1-10-4-6-12(7-5-10)8-14(3)13(9-16)17-11(2)15-14/h4-7,9,13H,8H2,1-3H3. The van der Waals surface area contributed by atoms with Gasteiger partial charge in [0.05, 0.1) is 0 Å². The Balaban J connectivity index is 2.21. The molecule has 1 aromatic rings. The largest absolute Gasteiger partial charge is 0.468 e. The predicted octanol–water partition coefficient (Wildman–Crippen LogP) is 2.31. The number of aliphatic imine (C=N–C) groups is 1. The first-order chi connectivity index (χ1) is 8.03. The lowest BCUT2D eigenvalue weighted by Gasteiger charge is -2.23. The first-order valence-electron chi connectivity index (χ1n) is 5.77. The number of benzene rings is 1. The fourth-order valence-corrected chi connectivity index (χ4v) is 2.19. The lowest BCUT2D eigenvalue weighted by Crippen LogP contribution is -2.38. The van der Waals surface area contributed by atoms with Crippen LogP contribution < -0.4 is 0 Å². The van der Waals surface area contributed by atoms with E-state index in [4.69, 9.17) is 4.74 Å². The van der Waals surface area contributed by atoms with Crippen molar-refractivity contribution in [1.29, 1.82) is 0 Å². The molecule has 0 N–H and O–H groups in total. The van der Waals surface area contributed by atoms with E-state index in [-0.39, 0.29) is 0 Å². The SMILES string of the molecule is CC1=NC(C)(Cc2ccc(C)cc2)C(C=O)O1. The van der Waals surface area contributed by atoms with Crippen LogP contribution in [0.5, 0.6) is 0 Å². The van der Waals surface area contributed by atoms with Crippen molar-refractivity contribution in [3.63, 3.8) is 0 Å². The van der Waals surface area contributed by atoms with Crippen LogP contribution in [0.2, 0.25) is 0 Å². The van der Waals surface area contributed by atoms with Crippen molar-refractivity contribution >= 4 is 12.2 Å². The number of aldehydes is 1. The fraction of sp³-hybridized carbons (Fsp3) is 0.429. The Morgan fingerprint density at radius 2 is 2.00 bits per heavy atom. The van der Waals surface area contributed by atoms with E-state index >= 15 is 0 Å². The lowest BCUT2D eigenvalue weighted by molar-refractivity contribution is -0.115. The number of aryl methyl sites for hydroxylation is 1. The summed E-state index contributed by atoms with van der Waals surface area (Å²) in [4.78, 5) is 15.5. The van der Waals surface area contributed by atoms with Gasteiger partial charge in [-0.25, -0.2) is 4.99 Å². The second-order valence-corrected chi connectivity index (χ2v) is 4.82. The van der Waals surface area contributed by atoms with Gasteiger partial charge >= 0.3 is 0 Å². The number of hydrogen-bond acceptors (Lipinski definition) is 3. The molecule has 1 heterocycles. The normalized spacial score (nSPS) is 27.5. The molecule has 0 fully saturated rings. The maximum atomic E-state index is 11.0. The molecule has 0 saturated heterocycles. The summed E-state index contributed by atoms with van der Waals surface area (Å²) in [6.45, 7) is 5.81. The molecular weight excluding hydrogens is 214 g/mol. The van der Waals surface area contributed by atoms with Crippen molar-refractivity contribution in [2.45, 2.75) is 38.8 Å². The number of ether oxygens (including phenoxy) is 1. The van der Waals surface area contributed by atoms with E-state index < -0.39 is 11.6 Å². The molecular formula is C14H17NO2. The van der Waals surface area contributed by atoms with Gasteiger partial charge in [0.25, 0.3) is 0 Å². The van der Waals surface area contributed by atoms with Gasteiger partial charge in [0.15, 0.2) is 18.3 Å². The third kappa shape index (κ3) is 2.38. The minimum Gasteiger partial charge on any atom is -0.468 e. The fourth-order valence-electron chi connectivity index (χ4n) is 2.19. The van der Waals surface area contributed by atoms with E-state index in [1.807, 2.05) is 6.92 Å². The van der Waals surface area contributed by atoms with E-state index in [0.29, 0.717) is 12.3 Å². The molecule has 2 atom stereocenters. The smallest absolute Gasteiger partial charge is 0.181 e. The van der Waals surface area contributed by atoms with Gasteiger partial charge in [0.2, 0.25) is 0 Å². The molecule has 1 aliphatic heterocycles.